The molecule has 3 heterocycles. The molecule has 8 heteroatoms. The molecule has 0 aliphatic carbocycles. The minimum absolute atomic E-state index is 0.268. The summed E-state index contributed by atoms with van der Waals surface area (Å²) in [6.45, 7) is 2.30. The van der Waals surface area contributed by atoms with Crippen LogP contribution in [0.3, 0.4) is 0 Å². The molecule has 2 N–H and O–H groups in total. The van der Waals surface area contributed by atoms with Gasteiger partial charge in [-0.05, 0) is 49.6 Å². The summed E-state index contributed by atoms with van der Waals surface area (Å²) in [4.78, 5) is 0.879. The highest BCUT2D eigenvalue weighted by Gasteiger charge is 2.38. The number of nitrogens with zero attached hydrogens (tertiary/aromatic N) is 2. The van der Waals surface area contributed by atoms with Crippen molar-refractivity contribution in [2.75, 3.05) is 12.3 Å². The van der Waals surface area contributed by atoms with Crippen LogP contribution >= 0.6 is 11.3 Å². The van der Waals surface area contributed by atoms with Gasteiger partial charge in [0.15, 0.2) is 0 Å². The van der Waals surface area contributed by atoms with E-state index in [0.29, 0.717) is 27.9 Å². The lowest BCUT2D eigenvalue weighted by Gasteiger charge is -2.21. The molecule has 0 spiro atoms. The number of benzene rings is 1. The Balaban J connectivity index is 1.66. The average Bonchev–Trinajstić information content (AvgIpc) is 3.35. The monoisotopic (exact) mass is 389 g/mol. The highest BCUT2D eigenvalue weighted by atomic mass is 32.2. The lowest BCUT2D eigenvalue weighted by molar-refractivity contribution is 0.350. The molecule has 3 aromatic rings. The van der Waals surface area contributed by atoms with E-state index < -0.39 is 10.0 Å². The van der Waals surface area contributed by atoms with E-state index in [1.807, 2.05) is 36.4 Å². The van der Waals surface area contributed by atoms with Crippen LogP contribution in [0.2, 0.25) is 0 Å². The molecule has 0 amide bonds. The molecule has 1 fully saturated rings. The molecule has 1 aliphatic heterocycles. The van der Waals surface area contributed by atoms with Crippen molar-refractivity contribution in [3.8, 4) is 10.4 Å². The predicted octanol–water partition coefficient (Wildman–Crippen LogP) is 3.82. The highest BCUT2D eigenvalue weighted by Crippen LogP contribution is 2.39. The summed E-state index contributed by atoms with van der Waals surface area (Å²) in [5.41, 5.74) is 8.08. The van der Waals surface area contributed by atoms with Crippen LogP contribution in [0.15, 0.2) is 51.2 Å². The fourth-order valence-corrected chi connectivity index (χ4v) is 6.39. The van der Waals surface area contributed by atoms with Crippen LogP contribution in [0.25, 0.3) is 10.4 Å². The first-order chi connectivity index (χ1) is 12.4. The zero-order chi connectivity index (χ0) is 18.3. The van der Waals surface area contributed by atoms with Crippen LogP contribution in [0.5, 0.6) is 0 Å². The van der Waals surface area contributed by atoms with Gasteiger partial charge in [-0.15, -0.1) is 11.3 Å². The Morgan fingerprint density at radius 3 is 2.85 bits per heavy atom. The second-order valence-electron chi connectivity index (χ2n) is 6.38. The van der Waals surface area contributed by atoms with Gasteiger partial charge in [-0.2, -0.15) is 4.31 Å². The van der Waals surface area contributed by atoms with Gasteiger partial charge in [0.1, 0.15) is 15.7 Å². The molecule has 1 atom stereocenters. The molecule has 1 aliphatic rings. The molecule has 0 bridgehead atoms. The Labute approximate surface area is 156 Å². The second kappa shape index (κ2) is 6.53. The van der Waals surface area contributed by atoms with E-state index >= 15 is 0 Å². The molecule has 136 valence electrons. The number of hydrogen-bond acceptors (Lipinski definition) is 6. The van der Waals surface area contributed by atoms with Crippen molar-refractivity contribution < 1.29 is 12.9 Å². The van der Waals surface area contributed by atoms with E-state index in [1.54, 1.807) is 17.3 Å². The van der Waals surface area contributed by atoms with Crippen LogP contribution in [0, 0.1) is 6.92 Å². The van der Waals surface area contributed by atoms with Gasteiger partial charge in [0, 0.05) is 23.2 Å². The fourth-order valence-electron chi connectivity index (χ4n) is 3.29. The Morgan fingerprint density at radius 1 is 1.27 bits per heavy atom. The predicted molar refractivity (Wildman–Crippen MR) is 101 cm³/mol. The molecular formula is C18H19N3O3S2. The number of hydrogen-bond donors (Lipinski definition) is 1. The van der Waals surface area contributed by atoms with Gasteiger partial charge in [-0.1, -0.05) is 17.3 Å². The lowest BCUT2D eigenvalue weighted by Crippen LogP contribution is -2.30. The Morgan fingerprint density at radius 2 is 2.12 bits per heavy atom. The summed E-state index contributed by atoms with van der Waals surface area (Å²) >= 11 is 1.26. The Hall–Kier alpha value is -2.16. The highest BCUT2D eigenvalue weighted by molar-refractivity contribution is 7.91. The third-order valence-electron chi connectivity index (χ3n) is 4.51. The van der Waals surface area contributed by atoms with Crippen molar-refractivity contribution in [1.82, 2.24) is 9.46 Å². The lowest BCUT2D eigenvalue weighted by atomic mass is 10.1. The second-order valence-corrected chi connectivity index (χ2v) is 9.58. The van der Waals surface area contributed by atoms with E-state index in [9.17, 15) is 8.42 Å². The van der Waals surface area contributed by atoms with Crippen molar-refractivity contribution >= 4 is 27.0 Å². The van der Waals surface area contributed by atoms with Crippen molar-refractivity contribution in [2.24, 2.45) is 0 Å². The van der Waals surface area contributed by atoms with Crippen LogP contribution in [-0.4, -0.2) is 24.4 Å². The number of nitrogens with two attached hydrogens (primary N) is 1. The summed E-state index contributed by atoms with van der Waals surface area (Å²) in [7, 11) is -3.59. The third kappa shape index (κ3) is 3.04. The van der Waals surface area contributed by atoms with Gasteiger partial charge in [-0.25, -0.2) is 8.42 Å². The van der Waals surface area contributed by atoms with Crippen LogP contribution in [-0.2, 0) is 10.0 Å². The minimum atomic E-state index is -3.59. The van der Waals surface area contributed by atoms with E-state index in [1.165, 1.54) is 11.3 Å². The molecule has 4 rings (SSSR count). The molecule has 26 heavy (non-hydrogen) atoms. The van der Waals surface area contributed by atoms with E-state index in [2.05, 4.69) is 5.16 Å². The first-order valence-corrected chi connectivity index (χ1v) is 10.6. The standard InChI is InChI=1S/C18H19N3O3S2/c1-12-10-15(20-24-12)16-6-3-9-21(16)26(22,23)18-8-7-17(25-18)13-4-2-5-14(19)11-13/h2,4-5,7-8,10-11,16H,3,6,9,19H2,1H3. The van der Waals surface area contributed by atoms with Crippen molar-refractivity contribution in [2.45, 2.75) is 30.0 Å². The molecule has 2 aromatic heterocycles. The topological polar surface area (TPSA) is 89.4 Å². The molecule has 0 radical (unpaired) electrons. The van der Waals surface area contributed by atoms with E-state index in [-0.39, 0.29) is 6.04 Å². The number of nitrogen functional groups attached to an aromatic ring is 1. The molecule has 1 saturated heterocycles. The van der Waals surface area contributed by atoms with Crippen molar-refractivity contribution in [3.05, 3.63) is 53.9 Å². The quantitative estimate of drug-likeness (QED) is 0.685. The zero-order valence-electron chi connectivity index (χ0n) is 14.3. The number of anilines is 1. The average molecular weight is 390 g/mol. The minimum Gasteiger partial charge on any atom is -0.399 e. The number of aromatic nitrogens is 1. The maximum Gasteiger partial charge on any atom is 0.253 e. The number of rotatable bonds is 4. The summed E-state index contributed by atoms with van der Waals surface area (Å²) in [6, 6.07) is 12.5. The van der Waals surface area contributed by atoms with Gasteiger partial charge in [0.05, 0.1) is 6.04 Å². The molecule has 6 nitrogen and oxygen atoms in total. The first kappa shape index (κ1) is 17.3. The maximum absolute atomic E-state index is 13.2. The number of aryl methyl sites for hydroxylation is 1. The van der Waals surface area contributed by atoms with Gasteiger partial charge in [0.2, 0.25) is 0 Å². The number of sulfonamides is 1. The normalized spacial score (nSPS) is 18.4. The summed E-state index contributed by atoms with van der Waals surface area (Å²) < 4.78 is 33.4. The fraction of sp³-hybridized carbons (Fsp3) is 0.278. The van der Waals surface area contributed by atoms with Crippen LogP contribution < -0.4 is 5.73 Å². The van der Waals surface area contributed by atoms with Crippen LogP contribution in [0.1, 0.15) is 30.3 Å². The summed E-state index contributed by atoms with van der Waals surface area (Å²) in [5, 5.41) is 4.03. The maximum atomic E-state index is 13.2. The largest absolute Gasteiger partial charge is 0.399 e. The zero-order valence-corrected chi connectivity index (χ0v) is 15.9. The Kier molecular flexibility index (Phi) is 4.34. The first-order valence-electron chi connectivity index (χ1n) is 8.36. The summed E-state index contributed by atoms with van der Waals surface area (Å²) in [6.07, 6.45) is 1.56. The van der Waals surface area contributed by atoms with E-state index in [4.69, 9.17) is 10.3 Å². The SMILES string of the molecule is Cc1cc(C2CCCN2S(=O)(=O)c2ccc(-c3cccc(N)c3)s2)no1. The van der Waals surface area contributed by atoms with Crippen molar-refractivity contribution in [1.29, 1.82) is 0 Å². The number of thiophene rings is 1. The van der Waals surface area contributed by atoms with Gasteiger partial charge in [0.25, 0.3) is 10.0 Å². The van der Waals surface area contributed by atoms with Gasteiger partial charge >= 0.3 is 0 Å². The van der Waals surface area contributed by atoms with Crippen molar-refractivity contribution in [3.63, 3.8) is 0 Å². The van der Waals surface area contributed by atoms with Gasteiger partial charge in [-0.3, -0.25) is 0 Å². The van der Waals surface area contributed by atoms with E-state index in [0.717, 1.165) is 23.3 Å². The molecule has 1 aromatic carbocycles. The Bertz CT molecular complexity index is 1040. The van der Waals surface area contributed by atoms with Crippen LogP contribution in [0.4, 0.5) is 5.69 Å². The summed E-state index contributed by atoms with van der Waals surface area (Å²) in [5.74, 6) is 0.685. The smallest absolute Gasteiger partial charge is 0.253 e. The van der Waals surface area contributed by atoms with Gasteiger partial charge < -0.3 is 10.3 Å². The molecular weight excluding hydrogens is 370 g/mol. The molecule has 1 unspecified atom stereocenters. The third-order valence-corrected chi connectivity index (χ3v) is 8.02. The molecule has 0 saturated carbocycles.